The maximum Gasteiger partial charge on any atom is 0.108 e. The fourth-order valence-corrected chi connectivity index (χ4v) is 2.38. The molecule has 110 valence electrons. The van der Waals surface area contributed by atoms with Crippen molar-refractivity contribution < 1.29 is 0 Å². The van der Waals surface area contributed by atoms with Crippen molar-refractivity contribution in [1.29, 1.82) is 0 Å². The molecule has 2 aromatic rings. The van der Waals surface area contributed by atoms with Crippen LogP contribution in [0.1, 0.15) is 31.1 Å². The third kappa shape index (κ3) is 3.48. The highest BCUT2D eigenvalue weighted by Gasteiger charge is 2.06. The minimum absolute atomic E-state index is 0.430. The molecule has 0 aromatic carbocycles. The van der Waals surface area contributed by atoms with Crippen molar-refractivity contribution in [2.75, 3.05) is 6.54 Å². The Kier molecular flexibility index (Phi) is 4.95. The lowest BCUT2D eigenvalue weighted by atomic mass is 10.3. The molecule has 0 aliphatic rings. The summed E-state index contributed by atoms with van der Waals surface area (Å²) in [6.07, 6.45) is 6.83. The van der Waals surface area contributed by atoms with E-state index in [1.165, 1.54) is 5.69 Å². The van der Waals surface area contributed by atoms with E-state index in [4.69, 9.17) is 0 Å². The zero-order valence-electron chi connectivity index (χ0n) is 12.9. The first kappa shape index (κ1) is 14.8. The second kappa shape index (κ2) is 6.70. The van der Waals surface area contributed by atoms with Crippen molar-refractivity contribution in [2.24, 2.45) is 0 Å². The van der Waals surface area contributed by atoms with Crippen molar-refractivity contribution in [3.05, 3.63) is 35.9 Å². The summed E-state index contributed by atoms with van der Waals surface area (Å²) in [5.74, 6) is 1.15. The molecule has 0 bridgehead atoms. The van der Waals surface area contributed by atoms with Crippen LogP contribution in [0, 0.1) is 13.8 Å². The van der Waals surface area contributed by atoms with Crippen LogP contribution in [0.25, 0.3) is 0 Å². The SMILES string of the molecule is CCc1nccn1CC(C)NCCn1cnc(C)c1C. The minimum atomic E-state index is 0.430. The summed E-state index contributed by atoms with van der Waals surface area (Å²) in [4.78, 5) is 8.67. The molecule has 5 nitrogen and oxygen atoms in total. The van der Waals surface area contributed by atoms with Gasteiger partial charge in [-0.25, -0.2) is 9.97 Å². The first-order valence-corrected chi connectivity index (χ1v) is 7.33. The highest BCUT2D eigenvalue weighted by molar-refractivity contribution is 5.08. The fraction of sp³-hybridized carbons (Fsp3) is 0.600. The van der Waals surface area contributed by atoms with Crippen LogP contribution in [0.5, 0.6) is 0 Å². The van der Waals surface area contributed by atoms with Crippen LogP contribution < -0.4 is 5.32 Å². The van der Waals surface area contributed by atoms with Crippen molar-refractivity contribution >= 4 is 0 Å². The zero-order valence-corrected chi connectivity index (χ0v) is 12.9. The van der Waals surface area contributed by atoms with Gasteiger partial charge < -0.3 is 14.5 Å². The van der Waals surface area contributed by atoms with Crippen LogP contribution in [-0.4, -0.2) is 31.7 Å². The molecule has 0 aliphatic heterocycles. The second-order valence-electron chi connectivity index (χ2n) is 5.31. The average molecular weight is 275 g/mol. The summed E-state index contributed by atoms with van der Waals surface area (Å²) in [6.45, 7) is 11.4. The quantitative estimate of drug-likeness (QED) is 0.840. The molecule has 0 fully saturated rings. The van der Waals surface area contributed by atoms with E-state index in [0.29, 0.717) is 6.04 Å². The third-order valence-electron chi connectivity index (χ3n) is 3.78. The first-order chi connectivity index (χ1) is 9.61. The first-order valence-electron chi connectivity index (χ1n) is 7.33. The number of hydrogen-bond acceptors (Lipinski definition) is 3. The van der Waals surface area contributed by atoms with Crippen molar-refractivity contribution in [1.82, 2.24) is 24.4 Å². The fourth-order valence-electron chi connectivity index (χ4n) is 2.38. The van der Waals surface area contributed by atoms with E-state index in [9.17, 15) is 0 Å². The molecule has 0 saturated heterocycles. The lowest BCUT2D eigenvalue weighted by Crippen LogP contribution is -2.33. The Bertz CT molecular complexity index is 540. The smallest absolute Gasteiger partial charge is 0.108 e. The van der Waals surface area contributed by atoms with Crippen LogP contribution in [0.3, 0.4) is 0 Å². The van der Waals surface area contributed by atoms with E-state index in [0.717, 1.165) is 37.6 Å². The van der Waals surface area contributed by atoms with Gasteiger partial charge in [0, 0.05) is 50.2 Å². The molecule has 1 atom stereocenters. The van der Waals surface area contributed by atoms with Gasteiger partial charge in [-0.15, -0.1) is 0 Å². The predicted octanol–water partition coefficient (Wildman–Crippen LogP) is 1.94. The van der Waals surface area contributed by atoms with Crippen LogP contribution >= 0.6 is 0 Å². The van der Waals surface area contributed by atoms with Gasteiger partial charge in [-0.2, -0.15) is 0 Å². The Morgan fingerprint density at radius 3 is 2.70 bits per heavy atom. The number of nitrogens with zero attached hydrogens (tertiary/aromatic N) is 4. The summed E-state index contributed by atoms with van der Waals surface area (Å²) in [5, 5.41) is 3.56. The molecule has 1 unspecified atom stereocenters. The van der Waals surface area contributed by atoms with Gasteiger partial charge in [0.25, 0.3) is 0 Å². The normalized spacial score (nSPS) is 12.8. The Morgan fingerprint density at radius 2 is 2.05 bits per heavy atom. The Balaban J connectivity index is 1.78. The van der Waals surface area contributed by atoms with E-state index >= 15 is 0 Å². The van der Waals surface area contributed by atoms with Crippen molar-refractivity contribution in [2.45, 2.75) is 53.2 Å². The van der Waals surface area contributed by atoms with Crippen LogP contribution in [0.4, 0.5) is 0 Å². The van der Waals surface area contributed by atoms with Gasteiger partial charge in [0.15, 0.2) is 0 Å². The van der Waals surface area contributed by atoms with Crippen LogP contribution in [0.15, 0.2) is 18.7 Å². The number of aryl methyl sites for hydroxylation is 2. The molecule has 0 aliphatic carbocycles. The van der Waals surface area contributed by atoms with E-state index in [2.05, 4.69) is 51.4 Å². The summed E-state index contributed by atoms with van der Waals surface area (Å²) in [5.41, 5.74) is 2.37. The van der Waals surface area contributed by atoms with Gasteiger partial charge in [0.2, 0.25) is 0 Å². The topological polar surface area (TPSA) is 47.7 Å². The predicted molar refractivity (Wildman–Crippen MR) is 80.8 cm³/mol. The highest BCUT2D eigenvalue weighted by atomic mass is 15.1. The van der Waals surface area contributed by atoms with Gasteiger partial charge in [-0.3, -0.25) is 0 Å². The molecule has 0 spiro atoms. The number of imidazole rings is 2. The molecule has 5 heteroatoms. The maximum atomic E-state index is 4.35. The largest absolute Gasteiger partial charge is 0.333 e. The standard InChI is InChI=1S/C15H25N5/c1-5-15-17-7-8-19(15)10-12(2)16-6-9-20-11-18-13(3)14(20)4/h7-8,11-12,16H,5-6,9-10H2,1-4H3. The molecule has 0 amide bonds. The molecule has 1 N–H and O–H groups in total. The summed E-state index contributed by atoms with van der Waals surface area (Å²) >= 11 is 0. The molecule has 2 aromatic heterocycles. The number of aromatic nitrogens is 4. The van der Waals surface area contributed by atoms with Gasteiger partial charge in [-0.05, 0) is 20.8 Å². The molecule has 20 heavy (non-hydrogen) atoms. The van der Waals surface area contributed by atoms with E-state index in [1.807, 2.05) is 19.4 Å². The van der Waals surface area contributed by atoms with E-state index < -0.39 is 0 Å². The van der Waals surface area contributed by atoms with Crippen LogP contribution in [-0.2, 0) is 19.5 Å². The Labute approximate surface area is 121 Å². The van der Waals surface area contributed by atoms with Gasteiger partial charge in [-0.1, -0.05) is 6.92 Å². The molecular formula is C15H25N5. The Morgan fingerprint density at radius 1 is 1.25 bits per heavy atom. The molecule has 0 radical (unpaired) electrons. The van der Waals surface area contributed by atoms with Crippen LogP contribution in [0.2, 0.25) is 0 Å². The van der Waals surface area contributed by atoms with Gasteiger partial charge in [0.05, 0.1) is 12.0 Å². The van der Waals surface area contributed by atoms with E-state index in [1.54, 1.807) is 0 Å². The summed E-state index contributed by atoms with van der Waals surface area (Å²) in [6, 6.07) is 0.430. The second-order valence-corrected chi connectivity index (χ2v) is 5.31. The third-order valence-corrected chi connectivity index (χ3v) is 3.78. The average Bonchev–Trinajstić information content (AvgIpc) is 2.99. The number of hydrogen-bond donors (Lipinski definition) is 1. The number of rotatable bonds is 7. The van der Waals surface area contributed by atoms with Gasteiger partial charge in [0.1, 0.15) is 5.82 Å². The molecule has 2 heterocycles. The van der Waals surface area contributed by atoms with Crippen molar-refractivity contribution in [3.8, 4) is 0 Å². The van der Waals surface area contributed by atoms with E-state index in [-0.39, 0.29) is 0 Å². The lowest BCUT2D eigenvalue weighted by Gasteiger charge is -2.16. The lowest BCUT2D eigenvalue weighted by molar-refractivity contribution is 0.452. The van der Waals surface area contributed by atoms with Crippen molar-refractivity contribution in [3.63, 3.8) is 0 Å². The molecule has 0 saturated carbocycles. The minimum Gasteiger partial charge on any atom is -0.333 e. The number of nitrogens with one attached hydrogen (secondary N) is 1. The molecular weight excluding hydrogens is 250 g/mol. The molecule has 2 rings (SSSR count). The summed E-state index contributed by atoms with van der Waals surface area (Å²) < 4.78 is 4.42. The zero-order chi connectivity index (χ0) is 14.5. The Hall–Kier alpha value is -1.62. The highest BCUT2D eigenvalue weighted by Crippen LogP contribution is 2.04. The monoisotopic (exact) mass is 275 g/mol. The summed E-state index contributed by atoms with van der Waals surface area (Å²) in [7, 11) is 0. The maximum absolute atomic E-state index is 4.35. The van der Waals surface area contributed by atoms with Gasteiger partial charge >= 0.3 is 0 Å².